The van der Waals surface area contributed by atoms with Crippen LogP contribution in [0.1, 0.15) is 12.2 Å². The number of nitrogens with one attached hydrogen (secondary N) is 2. The van der Waals surface area contributed by atoms with Crippen molar-refractivity contribution in [2.45, 2.75) is 25.4 Å². The molecule has 1 aliphatic heterocycles. The summed E-state index contributed by atoms with van der Waals surface area (Å²) in [7, 11) is 1.59. The summed E-state index contributed by atoms with van der Waals surface area (Å²) in [6.07, 6.45) is 3.22. The highest BCUT2D eigenvalue weighted by molar-refractivity contribution is 5.92. The number of amides is 2. The van der Waals surface area contributed by atoms with Crippen LogP contribution in [0.2, 0.25) is 0 Å². The maximum Gasteiger partial charge on any atom is 0.319 e. The normalized spacial score (nSPS) is 16.3. The lowest BCUT2D eigenvalue weighted by atomic mass is 10.1. The van der Waals surface area contributed by atoms with Crippen LogP contribution in [-0.4, -0.2) is 38.9 Å². The molecule has 4 rings (SSSR count). The third kappa shape index (κ3) is 3.23. The minimum atomic E-state index is -0.227. The molecule has 0 spiro atoms. The Labute approximate surface area is 144 Å². The van der Waals surface area contributed by atoms with Gasteiger partial charge in [0.1, 0.15) is 12.2 Å². The number of hydrogen-bond acceptors (Lipinski definition) is 5. The van der Waals surface area contributed by atoms with Gasteiger partial charge in [-0.15, -0.1) is 0 Å². The molecule has 0 saturated heterocycles. The van der Waals surface area contributed by atoms with Gasteiger partial charge in [-0.1, -0.05) is 0 Å². The van der Waals surface area contributed by atoms with Crippen molar-refractivity contribution in [3.63, 3.8) is 0 Å². The highest BCUT2D eigenvalue weighted by Crippen LogP contribution is 2.20. The summed E-state index contributed by atoms with van der Waals surface area (Å²) in [5.74, 6) is 1.53. The molecule has 0 aliphatic carbocycles. The molecule has 1 atom stereocenters. The lowest BCUT2D eigenvalue weighted by Gasteiger charge is -2.23. The summed E-state index contributed by atoms with van der Waals surface area (Å²) >= 11 is 0. The number of aromatic nitrogens is 4. The highest BCUT2D eigenvalue weighted by Gasteiger charge is 2.21. The van der Waals surface area contributed by atoms with Crippen molar-refractivity contribution in [3.8, 4) is 5.88 Å². The van der Waals surface area contributed by atoms with Gasteiger partial charge in [0.15, 0.2) is 0 Å². The molecule has 8 heteroatoms. The van der Waals surface area contributed by atoms with Crippen LogP contribution in [-0.2, 0) is 13.0 Å². The van der Waals surface area contributed by atoms with Crippen molar-refractivity contribution in [1.82, 2.24) is 25.1 Å². The van der Waals surface area contributed by atoms with Gasteiger partial charge >= 0.3 is 6.03 Å². The van der Waals surface area contributed by atoms with Gasteiger partial charge in [-0.05, 0) is 30.7 Å². The monoisotopic (exact) mass is 338 g/mol. The third-order valence-corrected chi connectivity index (χ3v) is 4.27. The second-order valence-electron chi connectivity index (χ2n) is 5.95. The van der Waals surface area contributed by atoms with Crippen LogP contribution in [0.4, 0.5) is 10.5 Å². The number of fused-ring (bicyclic) bond motifs is 2. The number of nitrogens with zero attached hydrogens (tertiary/aromatic N) is 4. The standard InChI is InChI=1S/C17H18N6O2/c1-25-16-7-2-11-8-12(3-5-14(11)22-16)20-17(24)21-13-4-6-15-18-10-19-23(15)9-13/h2-3,5,7-8,10,13H,4,6,9H2,1H3,(H2,20,21,24). The lowest BCUT2D eigenvalue weighted by Crippen LogP contribution is -2.43. The van der Waals surface area contributed by atoms with Crippen LogP contribution < -0.4 is 15.4 Å². The summed E-state index contributed by atoms with van der Waals surface area (Å²) in [5.41, 5.74) is 1.53. The Bertz CT molecular complexity index is 922. The van der Waals surface area contributed by atoms with E-state index in [4.69, 9.17) is 4.74 Å². The smallest absolute Gasteiger partial charge is 0.319 e. The van der Waals surface area contributed by atoms with Crippen LogP contribution in [0, 0.1) is 0 Å². The number of urea groups is 1. The van der Waals surface area contributed by atoms with Gasteiger partial charge in [-0.2, -0.15) is 5.10 Å². The maximum absolute atomic E-state index is 12.3. The minimum absolute atomic E-state index is 0.0422. The van der Waals surface area contributed by atoms with Crippen molar-refractivity contribution >= 4 is 22.6 Å². The fourth-order valence-electron chi connectivity index (χ4n) is 3.01. The molecule has 2 N–H and O–H groups in total. The summed E-state index contributed by atoms with van der Waals surface area (Å²) in [5, 5.41) is 11.0. The summed E-state index contributed by atoms with van der Waals surface area (Å²) in [6.45, 7) is 0.643. The highest BCUT2D eigenvalue weighted by atomic mass is 16.5. The van der Waals surface area contributed by atoms with Crippen LogP contribution in [0.25, 0.3) is 10.9 Å². The first-order chi connectivity index (χ1) is 12.2. The first kappa shape index (κ1) is 15.4. The number of hydrogen-bond donors (Lipinski definition) is 2. The number of anilines is 1. The van der Waals surface area contributed by atoms with E-state index in [2.05, 4.69) is 25.7 Å². The average molecular weight is 338 g/mol. The molecule has 0 fully saturated rings. The van der Waals surface area contributed by atoms with Gasteiger partial charge in [-0.3, -0.25) is 0 Å². The van der Waals surface area contributed by atoms with Crippen molar-refractivity contribution in [3.05, 3.63) is 42.5 Å². The zero-order valence-electron chi connectivity index (χ0n) is 13.8. The first-order valence-corrected chi connectivity index (χ1v) is 8.10. The van der Waals surface area contributed by atoms with E-state index in [0.717, 1.165) is 29.6 Å². The molecule has 2 amide bonds. The Balaban J connectivity index is 1.41. The van der Waals surface area contributed by atoms with E-state index in [9.17, 15) is 4.79 Å². The Kier molecular flexibility index (Phi) is 3.93. The number of carbonyl (C=O) groups excluding carboxylic acids is 1. The van der Waals surface area contributed by atoms with Gasteiger partial charge in [0, 0.05) is 23.6 Å². The summed E-state index contributed by atoms with van der Waals surface area (Å²) in [4.78, 5) is 20.8. The molecule has 0 saturated carbocycles. The number of ether oxygens (including phenoxy) is 1. The Morgan fingerprint density at radius 3 is 3.12 bits per heavy atom. The van der Waals surface area contributed by atoms with Gasteiger partial charge in [0.05, 0.1) is 25.2 Å². The van der Waals surface area contributed by atoms with E-state index in [0.29, 0.717) is 18.1 Å². The summed E-state index contributed by atoms with van der Waals surface area (Å²) in [6, 6.07) is 9.09. The average Bonchev–Trinajstić information content (AvgIpc) is 3.09. The molecule has 8 nitrogen and oxygen atoms in total. The Hall–Kier alpha value is -3.16. The SMILES string of the molecule is COc1ccc2cc(NC(=O)NC3CCc4ncnn4C3)ccc2n1. The molecular formula is C17H18N6O2. The van der Waals surface area contributed by atoms with Crippen molar-refractivity contribution < 1.29 is 9.53 Å². The second kappa shape index (κ2) is 6.39. The molecule has 3 heterocycles. The van der Waals surface area contributed by atoms with Crippen LogP contribution in [0.3, 0.4) is 0 Å². The molecule has 0 bridgehead atoms. The predicted octanol–water partition coefficient (Wildman–Crippen LogP) is 1.97. The van der Waals surface area contributed by atoms with E-state index < -0.39 is 0 Å². The fourth-order valence-corrected chi connectivity index (χ4v) is 3.01. The topological polar surface area (TPSA) is 94.0 Å². The summed E-state index contributed by atoms with van der Waals surface area (Å²) < 4.78 is 6.96. The minimum Gasteiger partial charge on any atom is -0.481 e. The van der Waals surface area contributed by atoms with Crippen molar-refractivity contribution in [1.29, 1.82) is 0 Å². The number of benzene rings is 1. The van der Waals surface area contributed by atoms with Gasteiger partial charge in [0.25, 0.3) is 0 Å². The Morgan fingerprint density at radius 2 is 2.24 bits per heavy atom. The van der Waals surface area contributed by atoms with E-state index in [1.807, 2.05) is 28.9 Å². The van der Waals surface area contributed by atoms with E-state index in [1.165, 1.54) is 0 Å². The van der Waals surface area contributed by atoms with E-state index >= 15 is 0 Å². The molecule has 0 radical (unpaired) electrons. The zero-order chi connectivity index (χ0) is 17.2. The number of rotatable bonds is 3. The van der Waals surface area contributed by atoms with Gasteiger partial charge < -0.3 is 15.4 Å². The lowest BCUT2D eigenvalue weighted by molar-refractivity contribution is 0.243. The van der Waals surface area contributed by atoms with E-state index in [-0.39, 0.29) is 12.1 Å². The molecular weight excluding hydrogens is 320 g/mol. The predicted molar refractivity (Wildman–Crippen MR) is 92.6 cm³/mol. The van der Waals surface area contributed by atoms with Crippen molar-refractivity contribution in [2.24, 2.45) is 0 Å². The molecule has 3 aromatic rings. The first-order valence-electron chi connectivity index (χ1n) is 8.10. The van der Waals surface area contributed by atoms with Crippen LogP contribution >= 0.6 is 0 Å². The zero-order valence-corrected chi connectivity index (χ0v) is 13.8. The molecule has 2 aromatic heterocycles. The van der Waals surface area contributed by atoms with E-state index in [1.54, 1.807) is 19.5 Å². The third-order valence-electron chi connectivity index (χ3n) is 4.27. The van der Waals surface area contributed by atoms with Gasteiger partial charge in [0.2, 0.25) is 5.88 Å². The molecule has 128 valence electrons. The molecule has 1 aliphatic rings. The molecule has 25 heavy (non-hydrogen) atoms. The number of pyridine rings is 1. The molecule has 1 aromatic carbocycles. The molecule has 1 unspecified atom stereocenters. The number of methoxy groups -OCH3 is 1. The maximum atomic E-state index is 12.3. The number of aryl methyl sites for hydroxylation is 1. The van der Waals surface area contributed by atoms with Gasteiger partial charge in [-0.25, -0.2) is 19.4 Å². The Morgan fingerprint density at radius 1 is 1.32 bits per heavy atom. The second-order valence-corrected chi connectivity index (χ2v) is 5.95. The van der Waals surface area contributed by atoms with Crippen molar-refractivity contribution in [2.75, 3.05) is 12.4 Å². The van der Waals surface area contributed by atoms with Crippen LogP contribution in [0.5, 0.6) is 5.88 Å². The fraction of sp³-hybridized carbons (Fsp3) is 0.294. The number of carbonyl (C=O) groups is 1. The quantitative estimate of drug-likeness (QED) is 0.761. The van der Waals surface area contributed by atoms with Crippen LogP contribution in [0.15, 0.2) is 36.7 Å². The largest absolute Gasteiger partial charge is 0.481 e.